The molecule has 10 heteroatoms. The Hall–Kier alpha value is -1.43. The van der Waals surface area contributed by atoms with Gasteiger partial charge < -0.3 is 39.8 Å². The van der Waals surface area contributed by atoms with Gasteiger partial charge in [-0.1, -0.05) is 24.3 Å². The molecule has 1 aliphatic rings. The molecule has 0 aliphatic carbocycles. The van der Waals surface area contributed by atoms with Crippen molar-refractivity contribution in [2.24, 2.45) is 0 Å². The van der Waals surface area contributed by atoms with E-state index in [2.05, 4.69) is 59.9 Å². The van der Waals surface area contributed by atoms with Crippen LogP contribution in [0, 0.1) is 0 Å². The van der Waals surface area contributed by atoms with Gasteiger partial charge >= 0.3 is 0 Å². The quantitative estimate of drug-likeness (QED) is 0.204. The Morgan fingerprint density at radius 2 is 1.28 bits per heavy atom. The van der Waals surface area contributed by atoms with Crippen LogP contribution in [-0.2, 0) is 57.7 Å². The van der Waals surface area contributed by atoms with Crippen LogP contribution in [0.1, 0.15) is 0 Å². The van der Waals surface area contributed by atoms with E-state index in [1.807, 2.05) is 24.3 Å². The van der Waals surface area contributed by atoms with Crippen molar-refractivity contribution in [1.29, 1.82) is 0 Å². The average Bonchev–Trinajstić information content (AvgIpc) is 2.84. The number of piperazine rings is 1. The van der Waals surface area contributed by atoms with E-state index in [4.69, 9.17) is 25.3 Å². The second-order valence-electron chi connectivity index (χ2n) is 9.50. The summed E-state index contributed by atoms with van der Waals surface area (Å²) < 4.78 is 30.3. The maximum absolute atomic E-state index is 12.9. The third-order valence-corrected chi connectivity index (χ3v) is 8.10. The van der Waals surface area contributed by atoms with Crippen LogP contribution in [0.15, 0.2) is 77.7 Å². The normalized spacial score (nSPS) is 15.0. The van der Waals surface area contributed by atoms with Crippen molar-refractivity contribution < 1.29 is 30.8 Å². The van der Waals surface area contributed by atoms with Gasteiger partial charge in [0, 0.05) is 54.2 Å². The standard InChI is InChI=1S/C26H32N4O2S3.Au/c1-30(2,3)24-12-4-20(5-13-24)21-6-14-25(15-7-21)35(31,32)27-22-8-10-23(11-9-22)28-16-18-29(19-17-28)26(33)34;/h4-15,26,33-34H,16-19H2,1-3H3;/p-2. The summed E-state index contributed by atoms with van der Waals surface area (Å²) in [6, 6.07) is 22.5. The van der Waals surface area contributed by atoms with Crippen molar-refractivity contribution in [1.82, 2.24) is 9.38 Å². The van der Waals surface area contributed by atoms with E-state index in [1.54, 1.807) is 24.3 Å². The SMILES string of the molecule is C[N+](C)(C)c1ccc(-c2ccc(S(=O)(=O)[N-]c3ccc(N4CCN(C([S-])[S-])CC4)cc3)cc2)cc1.[Au]. The Bertz CT molecular complexity index is 1240. The average molecular weight is 724 g/mol. The smallest absolute Gasteiger partial charge is 0.132 e. The van der Waals surface area contributed by atoms with Crippen molar-refractivity contribution in [3.05, 3.63) is 77.5 Å². The molecule has 1 heterocycles. The number of rotatable bonds is 7. The van der Waals surface area contributed by atoms with Crippen LogP contribution in [0.3, 0.4) is 0 Å². The number of quaternary nitrogens is 1. The third kappa shape index (κ3) is 7.11. The molecule has 0 amide bonds. The maximum Gasteiger partial charge on any atom is 0.132 e. The predicted molar refractivity (Wildman–Crippen MR) is 150 cm³/mol. The molecular formula is C26H30AuN4O2S3-2. The number of nitrogens with zero attached hydrogens (tertiary/aromatic N) is 4. The zero-order chi connectivity index (χ0) is 25.2. The Morgan fingerprint density at radius 1 is 0.778 bits per heavy atom. The summed E-state index contributed by atoms with van der Waals surface area (Å²) in [5.74, 6) is 0. The Morgan fingerprint density at radius 3 is 1.75 bits per heavy atom. The summed E-state index contributed by atoms with van der Waals surface area (Å²) in [5.41, 5.74) is 4.63. The third-order valence-electron chi connectivity index (χ3n) is 6.18. The molecule has 1 saturated heterocycles. The van der Waals surface area contributed by atoms with Crippen molar-refractivity contribution in [2.75, 3.05) is 52.2 Å². The first-order chi connectivity index (χ1) is 16.5. The molecule has 0 atom stereocenters. The van der Waals surface area contributed by atoms with Crippen LogP contribution < -0.4 is 9.38 Å². The molecule has 0 aromatic heterocycles. The van der Waals surface area contributed by atoms with E-state index >= 15 is 0 Å². The van der Waals surface area contributed by atoms with Gasteiger partial charge in [-0.15, -0.1) is 5.69 Å². The first-order valence-corrected chi connectivity index (χ1v) is 13.8. The summed E-state index contributed by atoms with van der Waals surface area (Å²) in [4.78, 5) is 4.52. The van der Waals surface area contributed by atoms with Crippen molar-refractivity contribution in [3.8, 4) is 11.1 Å². The maximum atomic E-state index is 12.9. The van der Waals surface area contributed by atoms with Gasteiger partial charge in [-0.25, -0.2) is 13.1 Å². The Kier molecular flexibility index (Phi) is 9.68. The minimum atomic E-state index is -3.81. The molecule has 3 aromatic rings. The first kappa shape index (κ1) is 29.1. The van der Waals surface area contributed by atoms with E-state index in [-0.39, 0.29) is 32.0 Å². The summed E-state index contributed by atoms with van der Waals surface area (Å²) in [7, 11) is 2.54. The fourth-order valence-electron chi connectivity index (χ4n) is 4.03. The summed E-state index contributed by atoms with van der Waals surface area (Å²) >= 11 is 10.3. The van der Waals surface area contributed by atoms with Gasteiger partial charge in [-0.05, 0) is 59.7 Å². The molecule has 0 saturated carbocycles. The molecular weight excluding hydrogens is 693 g/mol. The number of sulfonamides is 1. The second kappa shape index (κ2) is 12.0. The predicted octanol–water partition coefficient (Wildman–Crippen LogP) is 4.44. The van der Waals surface area contributed by atoms with Gasteiger partial charge in [-0.2, -0.15) is 0 Å². The fourth-order valence-corrected chi connectivity index (χ4v) is 5.43. The van der Waals surface area contributed by atoms with Gasteiger partial charge in [0.25, 0.3) is 0 Å². The van der Waals surface area contributed by atoms with Gasteiger partial charge in [0.05, 0.1) is 26.0 Å². The fraction of sp³-hybridized carbons (Fsp3) is 0.308. The summed E-state index contributed by atoms with van der Waals surface area (Å²) in [5, 5.41) is 0. The molecule has 0 spiro atoms. The van der Waals surface area contributed by atoms with Crippen molar-refractivity contribution >= 4 is 52.3 Å². The van der Waals surface area contributed by atoms with Crippen LogP contribution in [0.25, 0.3) is 15.8 Å². The van der Waals surface area contributed by atoms with Gasteiger partial charge in [0.15, 0.2) is 0 Å². The Balaban J connectivity index is 0.00000361. The monoisotopic (exact) mass is 723 g/mol. The number of benzene rings is 3. The molecule has 197 valence electrons. The zero-order valence-electron chi connectivity index (χ0n) is 20.5. The van der Waals surface area contributed by atoms with Crippen LogP contribution in [-0.4, -0.2) is 65.3 Å². The second-order valence-corrected chi connectivity index (χ2v) is 12.3. The molecule has 6 nitrogen and oxygen atoms in total. The van der Waals surface area contributed by atoms with E-state index in [1.165, 1.54) is 5.69 Å². The van der Waals surface area contributed by atoms with Crippen LogP contribution in [0.4, 0.5) is 17.1 Å². The Labute approximate surface area is 241 Å². The molecule has 0 unspecified atom stereocenters. The minimum absolute atomic E-state index is 0. The first-order valence-electron chi connectivity index (χ1n) is 11.4. The van der Waals surface area contributed by atoms with E-state index in [0.29, 0.717) is 5.69 Å². The molecule has 1 aliphatic heterocycles. The zero-order valence-corrected chi connectivity index (χ0v) is 25.1. The number of anilines is 1. The van der Waals surface area contributed by atoms with Crippen LogP contribution in [0.5, 0.6) is 0 Å². The molecule has 0 bridgehead atoms. The van der Waals surface area contributed by atoms with Crippen molar-refractivity contribution in [2.45, 2.75) is 9.60 Å². The van der Waals surface area contributed by atoms with E-state index in [0.717, 1.165) is 47.5 Å². The number of hydrogen-bond acceptors (Lipinski definition) is 6. The summed E-state index contributed by atoms with van der Waals surface area (Å²) in [6.45, 7) is 3.33. The van der Waals surface area contributed by atoms with E-state index in [9.17, 15) is 8.42 Å². The van der Waals surface area contributed by atoms with E-state index < -0.39 is 10.0 Å². The molecule has 36 heavy (non-hydrogen) atoms. The number of hydrogen-bond donors (Lipinski definition) is 0. The topological polar surface area (TPSA) is 54.7 Å². The van der Waals surface area contributed by atoms with Crippen LogP contribution >= 0.6 is 0 Å². The van der Waals surface area contributed by atoms with Crippen LogP contribution in [0.2, 0.25) is 0 Å². The molecule has 1 radical (unpaired) electrons. The minimum Gasteiger partial charge on any atom is -0.800 e. The largest absolute Gasteiger partial charge is 0.800 e. The molecule has 3 aromatic carbocycles. The van der Waals surface area contributed by atoms with Gasteiger partial charge in [0.1, 0.15) is 15.7 Å². The van der Waals surface area contributed by atoms with Gasteiger partial charge in [0.2, 0.25) is 0 Å². The summed E-state index contributed by atoms with van der Waals surface area (Å²) in [6.07, 6.45) is 0. The molecule has 0 N–H and O–H groups in total. The van der Waals surface area contributed by atoms with Gasteiger partial charge in [-0.3, -0.25) is 4.48 Å². The molecule has 4 rings (SSSR count). The molecule has 1 fully saturated rings. The van der Waals surface area contributed by atoms with Crippen molar-refractivity contribution in [3.63, 3.8) is 0 Å².